The first-order valence-corrected chi connectivity index (χ1v) is 6.34. The molecule has 2 rings (SSSR count). The van der Waals surface area contributed by atoms with E-state index in [4.69, 9.17) is 10.4 Å². The van der Waals surface area contributed by atoms with Gasteiger partial charge in [-0.3, -0.25) is 4.79 Å². The quantitative estimate of drug-likeness (QED) is 0.853. The highest BCUT2D eigenvalue weighted by Gasteiger charge is 2.06. The van der Waals surface area contributed by atoms with Crippen molar-refractivity contribution in [2.45, 2.75) is 11.4 Å². The summed E-state index contributed by atoms with van der Waals surface area (Å²) in [5.74, 6) is -0.380. The van der Waals surface area contributed by atoms with Gasteiger partial charge in [0.15, 0.2) is 0 Å². The van der Waals surface area contributed by atoms with E-state index < -0.39 is 5.97 Å². The van der Waals surface area contributed by atoms with Crippen LogP contribution in [0.2, 0.25) is 0 Å². The van der Waals surface area contributed by atoms with Crippen LogP contribution in [0.5, 0.6) is 0 Å². The first kappa shape index (κ1) is 12.4. The molecule has 0 aliphatic rings. The largest absolute Gasteiger partial charge is 0.481 e. The fourth-order valence-corrected chi connectivity index (χ4v) is 2.41. The van der Waals surface area contributed by atoms with E-state index in [9.17, 15) is 4.79 Å². The van der Waals surface area contributed by atoms with Crippen LogP contribution in [0, 0.1) is 11.3 Å². The van der Waals surface area contributed by atoms with Gasteiger partial charge in [-0.15, -0.1) is 11.8 Å². The van der Waals surface area contributed by atoms with Gasteiger partial charge in [-0.1, -0.05) is 18.2 Å². The molecule has 0 aliphatic heterocycles. The second-order valence-corrected chi connectivity index (χ2v) is 4.74. The number of pyridine rings is 1. The van der Waals surface area contributed by atoms with Crippen LogP contribution in [0.15, 0.2) is 35.4 Å². The normalized spacial score (nSPS) is 10.2. The third-order valence-electron chi connectivity index (χ3n) is 2.38. The molecule has 2 aromatic rings. The molecule has 1 aromatic heterocycles. The van der Waals surface area contributed by atoms with Gasteiger partial charge in [0.25, 0.3) is 0 Å². The van der Waals surface area contributed by atoms with Crippen LogP contribution in [-0.2, 0) is 4.79 Å². The summed E-state index contributed by atoms with van der Waals surface area (Å²) in [5.41, 5.74) is 1.33. The van der Waals surface area contributed by atoms with Crippen LogP contribution in [0.4, 0.5) is 0 Å². The van der Waals surface area contributed by atoms with Gasteiger partial charge < -0.3 is 5.11 Å². The fourth-order valence-electron chi connectivity index (χ4n) is 1.56. The van der Waals surface area contributed by atoms with E-state index in [2.05, 4.69) is 11.1 Å². The Hall–Kier alpha value is -2.06. The summed E-state index contributed by atoms with van der Waals surface area (Å²) in [6.07, 6.45) is 0.0844. The second-order valence-electron chi connectivity index (χ2n) is 3.63. The number of aromatic nitrogens is 1. The lowest BCUT2D eigenvalue weighted by molar-refractivity contribution is -0.136. The predicted molar refractivity (Wildman–Crippen MR) is 69.4 cm³/mol. The number of aliphatic carboxylic acids is 1. The van der Waals surface area contributed by atoms with Crippen molar-refractivity contribution in [3.05, 3.63) is 35.9 Å². The zero-order chi connectivity index (χ0) is 13.0. The molecule has 1 aromatic carbocycles. The van der Waals surface area contributed by atoms with Gasteiger partial charge in [-0.05, 0) is 12.1 Å². The molecule has 90 valence electrons. The van der Waals surface area contributed by atoms with Crippen molar-refractivity contribution >= 4 is 28.6 Å². The Morgan fingerprint density at radius 3 is 2.94 bits per heavy atom. The summed E-state index contributed by atoms with van der Waals surface area (Å²) in [6.45, 7) is 0. The minimum Gasteiger partial charge on any atom is -0.481 e. The number of hydrogen-bond acceptors (Lipinski definition) is 4. The molecular formula is C13H10N2O2S. The number of para-hydroxylation sites is 1. The summed E-state index contributed by atoms with van der Waals surface area (Å²) >= 11 is 1.35. The first-order chi connectivity index (χ1) is 8.70. The Balaban J connectivity index is 2.30. The highest BCUT2D eigenvalue weighted by atomic mass is 32.2. The second kappa shape index (κ2) is 5.52. The number of carboxylic acids is 1. The van der Waals surface area contributed by atoms with E-state index in [0.29, 0.717) is 16.3 Å². The summed E-state index contributed by atoms with van der Waals surface area (Å²) in [4.78, 5) is 14.8. The van der Waals surface area contributed by atoms with Gasteiger partial charge in [0.05, 0.1) is 28.6 Å². The van der Waals surface area contributed by atoms with Crippen molar-refractivity contribution in [3.63, 3.8) is 0 Å². The molecule has 0 bridgehead atoms. The number of nitriles is 1. The van der Waals surface area contributed by atoms with E-state index in [1.807, 2.05) is 24.3 Å². The maximum atomic E-state index is 10.4. The Kier molecular flexibility index (Phi) is 3.80. The van der Waals surface area contributed by atoms with Crippen molar-refractivity contribution in [1.29, 1.82) is 5.26 Å². The van der Waals surface area contributed by atoms with E-state index in [0.717, 1.165) is 10.9 Å². The average molecular weight is 258 g/mol. The van der Waals surface area contributed by atoms with Crippen molar-refractivity contribution < 1.29 is 9.90 Å². The molecule has 0 fully saturated rings. The van der Waals surface area contributed by atoms with Crippen LogP contribution < -0.4 is 0 Å². The molecule has 0 unspecified atom stereocenters. The lowest BCUT2D eigenvalue weighted by Crippen LogP contribution is -1.96. The molecule has 5 heteroatoms. The summed E-state index contributed by atoms with van der Waals surface area (Å²) < 4.78 is 0. The number of fused-ring (bicyclic) bond motifs is 1. The topological polar surface area (TPSA) is 74.0 Å². The number of carbonyl (C=O) groups is 1. The maximum Gasteiger partial charge on any atom is 0.304 e. The number of rotatable bonds is 4. The minimum atomic E-state index is -0.830. The first-order valence-electron chi connectivity index (χ1n) is 5.35. The molecule has 0 saturated heterocycles. The Morgan fingerprint density at radius 1 is 1.44 bits per heavy atom. The van der Waals surface area contributed by atoms with Gasteiger partial charge in [0, 0.05) is 11.1 Å². The van der Waals surface area contributed by atoms with E-state index >= 15 is 0 Å². The molecule has 0 spiro atoms. The lowest BCUT2D eigenvalue weighted by Gasteiger charge is -2.03. The van der Waals surface area contributed by atoms with Gasteiger partial charge in [0.1, 0.15) is 0 Å². The monoisotopic (exact) mass is 258 g/mol. The zero-order valence-electron chi connectivity index (χ0n) is 9.46. The smallest absolute Gasteiger partial charge is 0.304 e. The molecule has 1 N–H and O–H groups in total. The summed E-state index contributed by atoms with van der Waals surface area (Å²) in [5, 5.41) is 19.2. The number of thioether (sulfide) groups is 1. The fraction of sp³-hybridized carbons (Fsp3) is 0.154. The molecule has 0 radical (unpaired) electrons. The average Bonchev–Trinajstić information content (AvgIpc) is 2.37. The van der Waals surface area contributed by atoms with Crippen molar-refractivity contribution in [2.75, 3.05) is 5.75 Å². The van der Waals surface area contributed by atoms with E-state index in [-0.39, 0.29) is 6.42 Å². The van der Waals surface area contributed by atoms with Crippen LogP contribution >= 0.6 is 11.8 Å². The van der Waals surface area contributed by atoms with Gasteiger partial charge in [0.2, 0.25) is 0 Å². The predicted octanol–water partition coefficient (Wildman–Crippen LogP) is 2.67. The Bertz CT molecular complexity index is 634. The van der Waals surface area contributed by atoms with Crippen molar-refractivity contribution in [1.82, 2.24) is 4.98 Å². The number of hydrogen-bond donors (Lipinski definition) is 1. The zero-order valence-corrected chi connectivity index (χ0v) is 10.3. The van der Waals surface area contributed by atoms with E-state index in [1.165, 1.54) is 11.8 Å². The Morgan fingerprint density at radius 2 is 2.22 bits per heavy atom. The van der Waals surface area contributed by atoms with Crippen molar-refractivity contribution in [3.8, 4) is 6.07 Å². The maximum absolute atomic E-state index is 10.4. The Labute approximate surface area is 108 Å². The third-order valence-corrected chi connectivity index (χ3v) is 3.29. The summed E-state index contributed by atoms with van der Waals surface area (Å²) in [6, 6.07) is 11.3. The van der Waals surface area contributed by atoms with Gasteiger partial charge in [-0.25, -0.2) is 4.98 Å². The molecule has 0 aliphatic carbocycles. The molecule has 1 heterocycles. The number of benzene rings is 1. The molecule has 4 nitrogen and oxygen atoms in total. The standard InChI is InChI=1S/C13H10N2O2S/c14-8-9-7-12(18-6-5-13(16)17)15-11-4-2-1-3-10(9)11/h1-4,7H,5-6H2,(H,16,17). The molecular weight excluding hydrogens is 248 g/mol. The third kappa shape index (κ3) is 2.79. The molecule has 0 amide bonds. The number of nitrogens with zero attached hydrogens (tertiary/aromatic N) is 2. The number of carboxylic acid groups (broad SMARTS) is 1. The molecule has 0 saturated carbocycles. The van der Waals surface area contributed by atoms with Gasteiger partial charge in [-0.2, -0.15) is 5.26 Å². The van der Waals surface area contributed by atoms with Gasteiger partial charge >= 0.3 is 5.97 Å². The van der Waals surface area contributed by atoms with Crippen LogP contribution in [0.25, 0.3) is 10.9 Å². The highest BCUT2D eigenvalue weighted by Crippen LogP contribution is 2.23. The van der Waals surface area contributed by atoms with E-state index in [1.54, 1.807) is 6.07 Å². The minimum absolute atomic E-state index is 0.0844. The lowest BCUT2D eigenvalue weighted by atomic mass is 10.1. The van der Waals surface area contributed by atoms with Crippen molar-refractivity contribution in [2.24, 2.45) is 0 Å². The van der Waals surface area contributed by atoms with Crippen LogP contribution in [0.3, 0.4) is 0 Å². The SMILES string of the molecule is N#Cc1cc(SCCC(=O)O)nc2ccccc12. The molecule has 0 atom stereocenters. The summed E-state index contributed by atoms with van der Waals surface area (Å²) in [7, 11) is 0. The molecule has 18 heavy (non-hydrogen) atoms. The van der Waals surface area contributed by atoms with Crippen LogP contribution in [0.1, 0.15) is 12.0 Å². The van der Waals surface area contributed by atoms with Crippen LogP contribution in [-0.4, -0.2) is 21.8 Å². The highest BCUT2D eigenvalue weighted by molar-refractivity contribution is 7.99.